The lowest BCUT2D eigenvalue weighted by molar-refractivity contribution is -0.161. The molecule has 101 heavy (non-hydrogen) atoms. The van der Waals surface area contributed by atoms with Crippen LogP contribution in [0.4, 0.5) is 0 Å². The Morgan fingerprint density at radius 1 is 0.287 bits per heavy atom. The van der Waals surface area contributed by atoms with Crippen LogP contribution in [0.25, 0.3) is 0 Å². The minimum Gasteiger partial charge on any atom is -0.463 e. The summed E-state index contributed by atoms with van der Waals surface area (Å²) in [5.41, 5.74) is 0. The SMILES string of the molecule is CC/C=C\C/C=C\C/C=C\C/C=C\C/C=C\C/C=C\CCCCCCC(=O)OCC(COP(=O)(O)OCC(O)COP(=O)(O)OCC(O)COC(=O)CCCCCCCCCCCCCCCCC/C=C\C/C=C\C/C=C\C/C=C\C/C=C\CC)OC(=O)CCCCCCC/C=C\CCCC. The number of rotatable bonds is 73. The number of carbonyl (C=O) groups excluding carboxylic acids is 3. The number of allylic oxidation sites excluding steroid dienone is 24. The second-order valence-electron chi connectivity index (χ2n) is 25.7. The summed E-state index contributed by atoms with van der Waals surface area (Å²) in [4.78, 5) is 58.5. The Morgan fingerprint density at radius 3 is 0.842 bits per heavy atom. The summed E-state index contributed by atoms with van der Waals surface area (Å²) < 4.78 is 61.0. The van der Waals surface area contributed by atoms with Crippen LogP contribution in [0.3, 0.4) is 0 Å². The first kappa shape index (κ1) is 96.4. The molecule has 0 aliphatic carbocycles. The molecular weight excluding hydrogens is 1310 g/mol. The standard InChI is InChI=1S/C83H140O16P2/c1-4-7-10-13-16-19-22-24-26-28-30-32-34-35-36-37-38-39-40-41-43-45-46-48-50-52-55-57-60-63-66-69-81(86)93-72-78(84)73-95-100(89,90)96-74-79(85)75-97-101(91,92)98-77-80(99-83(88)71-68-65-62-59-54-21-18-15-12-9-6-3)76-94-82(87)70-67-64-61-58-56-53-51-49-47-44-42-33-31-29-27-25-23-20-17-14-11-8-5-2/h7-8,10-11,15-20,24-27,30-33,35-36,44,47,51,53,78-80,84-85H,4-6,9,12-14,21-23,28-29,34,37-43,45-46,48-50,52,54-77H2,1-3H3,(H,89,90)(H,91,92)/b10-7-,11-8-,18-15-,19-16-,20-17-,26-24-,27-25-,32-30-,33-31-,36-35-,47-44-,53-51-. The van der Waals surface area contributed by atoms with E-state index in [1.807, 2.05) is 0 Å². The number of aliphatic hydroxyl groups excluding tert-OH is 2. The molecule has 0 bridgehead atoms. The van der Waals surface area contributed by atoms with Crippen molar-refractivity contribution in [1.82, 2.24) is 0 Å². The molecule has 578 valence electrons. The van der Waals surface area contributed by atoms with Crippen LogP contribution in [0.5, 0.6) is 0 Å². The van der Waals surface area contributed by atoms with Gasteiger partial charge in [0.2, 0.25) is 0 Å². The first-order valence-electron chi connectivity index (χ1n) is 39.1. The molecule has 0 aromatic carbocycles. The summed E-state index contributed by atoms with van der Waals surface area (Å²) >= 11 is 0. The van der Waals surface area contributed by atoms with Gasteiger partial charge in [0.05, 0.1) is 26.4 Å². The summed E-state index contributed by atoms with van der Waals surface area (Å²) in [6.45, 7) is 2.37. The minimum absolute atomic E-state index is 0.0846. The topological polar surface area (TPSA) is 231 Å². The van der Waals surface area contributed by atoms with Gasteiger partial charge in [-0.2, -0.15) is 0 Å². The molecule has 4 N–H and O–H groups in total. The Bertz CT molecular complexity index is 2420. The van der Waals surface area contributed by atoms with Gasteiger partial charge in [0.1, 0.15) is 25.4 Å². The average Bonchev–Trinajstić information content (AvgIpc) is 0.944. The molecule has 5 unspecified atom stereocenters. The minimum atomic E-state index is -4.94. The van der Waals surface area contributed by atoms with Crippen molar-refractivity contribution >= 4 is 33.6 Å². The molecule has 0 heterocycles. The number of phosphoric ester groups is 2. The highest BCUT2D eigenvalue weighted by molar-refractivity contribution is 7.47. The fourth-order valence-electron chi connectivity index (χ4n) is 10.1. The average molecular weight is 1460 g/mol. The van der Waals surface area contributed by atoms with Crippen molar-refractivity contribution in [2.24, 2.45) is 0 Å². The van der Waals surface area contributed by atoms with Gasteiger partial charge in [0, 0.05) is 19.3 Å². The second kappa shape index (κ2) is 75.1. The molecule has 0 saturated heterocycles. The van der Waals surface area contributed by atoms with Crippen LogP contribution in [-0.4, -0.2) is 95.9 Å². The number of phosphoric acid groups is 2. The number of aliphatic hydroxyl groups is 2. The first-order valence-corrected chi connectivity index (χ1v) is 42.1. The van der Waals surface area contributed by atoms with E-state index in [9.17, 15) is 43.5 Å². The Balaban J connectivity index is 4.44. The van der Waals surface area contributed by atoms with E-state index in [2.05, 4.69) is 167 Å². The van der Waals surface area contributed by atoms with Crippen molar-refractivity contribution in [2.45, 2.75) is 322 Å². The lowest BCUT2D eigenvalue weighted by Gasteiger charge is -2.21. The highest BCUT2D eigenvalue weighted by Crippen LogP contribution is 2.45. The molecule has 0 aromatic heterocycles. The van der Waals surface area contributed by atoms with Crippen molar-refractivity contribution in [3.05, 3.63) is 146 Å². The highest BCUT2D eigenvalue weighted by atomic mass is 31.2. The normalized spacial score (nSPS) is 14.8. The van der Waals surface area contributed by atoms with E-state index in [-0.39, 0.29) is 19.3 Å². The van der Waals surface area contributed by atoms with E-state index in [0.717, 1.165) is 154 Å². The van der Waals surface area contributed by atoms with Crippen LogP contribution in [-0.2, 0) is 55.8 Å². The predicted octanol–water partition coefficient (Wildman–Crippen LogP) is 22.9. The summed E-state index contributed by atoms with van der Waals surface area (Å²) in [7, 11) is -9.80. The van der Waals surface area contributed by atoms with E-state index in [4.69, 9.17) is 32.3 Å². The van der Waals surface area contributed by atoms with Crippen molar-refractivity contribution in [1.29, 1.82) is 0 Å². The van der Waals surface area contributed by atoms with E-state index >= 15 is 0 Å². The summed E-state index contributed by atoms with van der Waals surface area (Å²) in [5.74, 6) is -1.62. The monoisotopic (exact) mass is 1450 g/mol. The van der Waals surface area contributed by atoms with Crippen LogP contribution in [0.15, 0.2) is 146 Å². The molecule has 0 saturated carbocycles. The van der Waals surface area contributed by atoms with Crippen molar-refractivity contribution in [3.63, 3.8) is 0 Å². The van der Waals surface area contributed by atoms with Crippen molar-refractivity contribution < 1.29 is 75.8 Å². The van der Waals surface area contributed by atoms with Gasteiger partial charge in [-0.3, -0.25) is 32.5 Å². The third-order valence-electron chi connectivity index (χ3n) is 16.0. The third-order valence-corrected chi connectivity index (χ3v) is 17.9. The Morgan fingerprint density at radius 2 is 0.525 bits per heavy atom. The second-order valence-corrected chi connectivity index (χ2v) is 28.7. The Labute approximate surface area is 613 Å². The summed E-state index contributed by atoms with van der Waals surface area (Å²) in [5, 5.41) is 20.6. The molecule has 0 rings (SSSR count). The molecule has 16 nitrogen and oxygen atoms in total. The molecule has 0 spiro atoms. The van der Waals surface area contributed by atoms with Gasteiger partial charge in [-0.05, 0) is 135 Å². The Kier molecular flexibility index (Phi) is 71.7. The molecule has 0 aliphatic rings. The van der Waals surface area contributed by atoms with Gasteiger partial charge in [-0.25, -0.2) is 9.13 Å². The summed E-state index contributed by atoms with van der Waals surface area (Å²) in [6.07, 6.45) is 92.0. The smallest absolute Gasteiger partial charge is 0.463 e. The molecule has 0 radical (unpaired) electrons. The number of hydrogen-bond donors (Lipinski definition) is 4. The van der Waals surface area contributed by atoms with E-state index < -0.39 is 91.5 Å². The molecule has 18 heteroatoms. The largest absolute Gasteiger partial charge is 0.472 e. The maximum atomic E-state index is 12.9. The number of ether oxygens (including phenoxy) is 3. The van der Waals surface area contributed by atoms with Crippen LogP contribution >= 0.6 is 15.6 Å². The van der Waals surface area contributed by atoms with Gasteiger partial charge in [0.25, 0.3) is 0 Å². The van der Waals surface area contributed by atoms with Crippen LogP contribution in [0, 0.1) is 0 Å². The van der Waals surface area contributed by atoms with Gasteiger partial charge in [-0.15, -0.1) is 0 Å². The molecule has 0 fully saturated rings. The zero-order valence-corrected chi connectivity index (χ0v) is 64.8. The lowest BCUT2D eigenvalue weighted by atomic mass is 10.0. The summed E-state index contributed by atoms with van der Waals surface area (Å²) in [6, 6.07) is 0. The van der Waals surface area contributed by atoms with Gasteiger partial charge in [-0.1, -0.05) is 295 Å². The van der Waals surface area contributed by atoms with E-state index in [0.29, 0.717) is 19.3 Å². The van der Waals surface area contributed by atoms with E-state index in [1.165, 1.54) is 89.9 Å². The fourth-order valence-corrected chi connectivity index (χ4v) is 11.7. The van der Waals surface area contributed by atoms with Crippen molar-refractivity contribution in [3.8, 4) is 0 Å². The highest BCUT2D eigenvalue weighted by Gasteiger charge is 2.29. The third kappa shape index (κ3) is 76.4. The van der Waals surface area contributed by atoms with Crippen LogP contribution in [0.1, 0.15) is 303 Å². The number of esters is 3. The maximum Gasteiger partial charge on any atom is 0.472 e. The zero-order chi connectivity index (χ0) is 73.7. The quantitative estimate of drug-likeness (QED) is 0.0146. The fraction of sp³-hybridized carbons (Fsp3) is 0.675. The van der Waals surface area contributed by atoms with E-state index in [1.54, 1.807) is 0 Å². The van der Waals surface area contributed by atoms with Crippen molar-refractivity contribution in [2.75, 3.05) is 39.6 Å². The van der Waals surface area contributed by atoms with Gasteiger partial charge in [0.15, 0.2) is 6.10 Å². The maximum absolute atomic E-state index is 12.9. The molecule has 0 amide bonds. The molecule has 0 aromatic rings. The predicted molar refractivity (Wildman–Crippen MR) is 417 cm³/mol. The number of unbranched alkanes of at least 4 members (excludes halogenated alkanes) is 26. The van der Waals surface area contributed by atoms with Crippen LogP contribution in [0.2, 0.25) is 0 Å². The van der Waals surface area contributed by atoms with Crippen LogP contribution < -0.4 is 0 Å². The number of hydrogen-bond acceptors (Lipinski definition) is 14. The number of carbonyl (C=O) groups is 3. The Hall–Kier alpha value is -4.57. The zero-order valence-electron chi connectivity index (χ0n) is 63.0. The first-order chi connectivity index (χ1) is 49.2. The lowest BCUT2D eigenvalue weighted by Crippen LogP contribution is -2.30. The molecule has 0 aliphatic heterocycles. The van der Waals surface area contributed by atoms with Gasteiger partial charge >= 0.3 is 33.6 Å². The molecular formula is C83H140O16P2. The molecule has 5 atom stereocenters. The van der Waals surface area contributed by atoms with Gasteiger partial charge < -0.3 is 34.2 Å².